The molecule has 9 heteroatoms. The molecule has 0 radical (unpaired) electrons. The van der Waals surface area contributed by atoms with Crippen molar-refractivity contribution in [3.63, 3.8) is 0 Å². The molecule has 37 heavy (non-hydrogen) atoms. The first-order valence-corrected chi connectivity index (χ1v) is 14.0. The molecular weight excluding hydrogens is 486 g/mol. The Balaban J connectivity index is 1.23. The van der Waals surface area contributed by atoms with Gasteiger partial charge in [0.15, 0.2) is 5.13 Å². The third-order valence-electron chi connectivity index (χ3n) is 7.07. The molecule has 0 amide bonds. The van der Waals surface area contributed by atoms with Crippen molar-refractivity contribution in [1.82, 2.24) is 14.9 Å². The van der Waals surface area contributed by atoms with Gasteiger partial charge in [-0.05, 0) is 50.0 Å². The fraction of sp³-hybridized carbons (Fsp3) is 0.464. The van der Waals surface area contributed by atoms with Gasteiger partial charge in [-0.15, -0.1) is 0 Å². The second-order valence-electron chi connectivity index (χ2n) is 9.59. The molecule has 2 fully saturated rings. The quantitative estimate of drug-likeness (QED) is 0.258. The van der Waals surface area contributed by atoms with Crippen LogP contribution in [0.25, 0.3) is 15.8 Å². The molecule has 1 aliphatic heterocycles. The third kappa shape index (κ3) is 6.47. The molecule has 0 unspecified atom stereocenters. The minimum absolute atomic E-state index is 0.0682. The summed E-state index contributed by atoms with van der Waals surface area (Å²) in [5.74, 6) is 2.12. The van der Waals surface area contributed by atoms with Crippen molar-refractivity contribution in [3.05, 3.63) is 48.3 Å². The van der Waals surface area contributed by atoms with E-state index in [9.17, 15) is 5.11 Å². The standard InChI is InChI=1S/C28H35N5O3S/c1-2-19(7-10-27(29)33-13-15-35-16-14-33)24-17-21(11-12-30-24)36-20-8-9-23-26(18-20)37-28(32-23)31-22-5-3-4-6-25(22)34/h2,8-9,11-12,17-18,22,25,29,34H,3-7,10,13-16H2,1H3,(H,31,32)/b19-2+,29-27?/t22-,25-/m1/s1. The van der Waals surface area contributed by atoms with E-state index < -0.39 is 0 Å². The zero-order valence-electron chi connectivity index (χ0n) is 21.3. The van der Waals surface area contributed by atoms with Gasteiger partial charge in [-0.2, -0.15) is 0 Å². The number of pyridine rings is 1. The number of hydrogen-bond donors (Lipinski definition) is 3. The molecule has 1 saturated heterocycles. The first-order chi connectivity index (χ1) is 18.1. The van der Waals surface area contributed by atoms with Gasteiger partial charge in [0.2, 0.25) is 0 Å². The van der Waals surface area contributed by atoms with Crippen LogP contribution in [0.15, 0.2) is 42.6 Å². The summed E-state index contributed by atoms with van der Waals surface area (Å²) in [7, 11) is 0. The van der Waals surface area contributed by atoms with E-state index in [1.165, 1.54) is 0 Å². The highest BCUT2D eigenvalue weighted by Crippen LogP contribution is 2.33. The monoisotopic (exact) mass is 521 g/mol. The van der Waals surface area contributed by atoms with Crippen LogP contribution in [0, 0.1) is 5.41 Å². The molecule has 3 N–H and O–H groups in total. The van der Waals surface area contributed by atoms with Gasteiger partial charge in [-0.1, -0.05) is 30.3 Å². The van der Waals surface area contributed by atoms with E-state index in [0.717, 1.165) is 83.3 Å². The highest BCUT2D eigenvalue weighted by Gasteiger charge is 2.23. The summed E-state index contributed by atoms with van der Waals surface area (Å²) < 4.78 is 12.6. The molecule has 1 aromatic carbocycles. The van der Waals surface area contributed by atoms with Gasteiger partial charge in [0.05, 0.1) is 47.1 Å². The number of benzene rings is 1. The second-order valence-corrected chi connectivity index (χ2v) is 10.6. The molecule has 196 valence electrons. The van der Waals surface area contributed by atoms with Crippen LogP contribution in [0.3, 0.4) is 0 Å². The van der Waals surface area contributed by atoms with Crippen molar-refractivity contribution in [2.24, 2.45) is 0 Å². The van der Waals surface area contributed by atoms with E-state index in [-0.39, 0.29) is 12.1 Å². The Labute approximate surface area is 221 Å². The molecule has 3 aromatic rings. The van der Waals surface area contributed by atoms with E-state index in [2.05, 4.69) is 21.3 Å². The molecular formula is C28H35N5O3S. The van der Waals surface area contributed by atoms with Crippen LogP contribution in [0.5, 0.6) is 11.5 Å². The summed E-state index contributed by atoms with van der Waals surface area (Å²) in [6.07, 6.45) is 8.99. The summed E-state index contributed by atoms with van der Waals surface area (Å²) >= 11 is 1.58. The van der Waals surface area contributed by atoms with E-state index in [1.54, 1.807) is 17.5 Å². The van der Waals surface area contributed by atoms with E-state index >= 15 is 0 Å². The van der Waals surface area contributed by atoms with Crippen LogP contribution in [-0.4, -0.2) is 64.3 Å². The Morgan fingerprint density at radius 3 is 2.81 bits per heavy atom. The van der Waals surface area contributed by atoms with Crippen molar-refractivity contribution in [2.75, 3.05) is 31.6 Å². The zero-order valence-corrected chi connectivity index (χ0v) is 22.1. The number of anilines is 1. The number of ether oxygens (including phenoxy) is 2. The number of aliphatic hydroxyl groups excluding tert-OH is 1. The van der Waals surface area contributed by atoms with Crippen LogP contribution in [0.2, 0.25) is 0 Å². The molecule has 8 nitrogen and oxygen atoms in total. The Morgan fingerprint density at radius 2 is 2.00 bits per heavy atom. The molecule has 2 aromatic heterocycles. The summed E-state index contributed by atoms with van der Waals surface area (Å²) in [6.45, 7) is 4.97. The number of allylic oxidation sites excluding steroid dienone is 2. The van der Waals surface area contributed by atoms with Gasteiger partial charge in [-0.25, -0.2) is 4.98 Å². The molecule has 2 atom stereocenters. The molecule has 1 saturated carbocycles. The number of thiazole rings is 1. The fourth-order valence-corrected chi connectivity index (χ4v) is 5.88. The molecule has 1 aliphatic carbocycles. The second kappa shape index (κ2) is 12.0. The molecule has 2 aliphatic rings. The van der Waals surface area contributed by atoms with Crippen molar-refractivity contribution >= 4 is 38.1 Å². The van der Waals surface area contributed by atoms with Crippen LogP contribution in [-0.2, 0) is 4.74 Å². The van der Waals surface area contributed by atoms with Gasteiger partial charge >= 0.3 is 0 Å². The van der Waals surface area contributed by atoms with Gasteiger partial charge in [0, 0.05) is 37.8 Å². The number of amidine groups is 1. The highest BCUT2D eigenvalue weighted by molar-refractivity contribution is 7.22. The van der Waals surface area contributed by atoms with Crippen molar-refractivity contribution in [3.8, 4) is 11.5 Å². The largest absolute Gasteiger partial charge is 0.457 e. The molecule has 5 rings (SSSR count). The van der Waals surface area contributed by atoms with Crippen LogP contribution in [0.1, 0.15) is 51.1 Å². The lowest BCUT2D eigenvalue weighted by Crippen LogP contribution is -2.40. The van der Waals surface area contributed by atoms with Crippen LogP contribution >= 0.6 is 11.3 Å². The number of nitrogens with one attached hydrogen (secondary N) is 2. The summed E-state index contributed by atoms with van der Waals surface area (Å²) in [6, 6.07) is 9.81. The van der Waals surface area contributed by atoms with Crippen molar-refractivity contribution in [2.45, 2.75) is 57.6 Å². The number of rotatable bonds is 8. The van der Waals surface area contributed by atoms with Crippen molar-refractivity contribution in [1.29, 1.82) is 5.41 Å². The predicted octanol–water partition coefficient (Wildman–Crippen LogP) is 5.69. The number of aliphatic hydroxyl groups is 1. The van der Waals surface area contributed by atoms with Crippen LogP contribution in [0.4, 0.5) is 5.13 Å². The van der Waals surface area contributed by atoms with E-state index in [0.29, 0.717) is 25.5 Å². The van der Waals surface area contributed by atoms with E-state index in [1.807, 2.05) is 37.3 Å². The average molecular weight is 522 g/mol. The summed E-state index contributed by atoms with van der Waals surface area (Å²) in [4.78, 5) is 11.4. The van der Waals surface area contributed by atoms with Gasteiger partial charge in [0.1, 0.15) is 11.5 Å². The van der Waals surface area contributed by atoms with Gasteiger partial charge < -0.3 is 24.8 Å². The summed E-state index contributed by atoms with van der Waals surface area (Å²) in [5, 5.41) is 23.0. The van der Waals surface area contributed by atoms with E-state index in [4.69, 9.17) is 19.9 Å². The highest BCUT2D eigenvalue weighted by atomic mass is 32.1. The Kier molecular flexibility index (Phi) is 8.33. The first-order valence-electron chi connectivity index (χ1n) is 13.1. The lowest BCUT2D eigenvalue weighted by atomic mass is 9.93. The van der Waals surface area contributed by atoms with Gasteiger partial charge in [-0.3, -0.25) is 10.4 Å². The third-order valence-corrected chi connectivity index (χ3v) is 8.02. The predicted molar refractivity (Wildman–Crippen MR) is 149 cm³/mol. The number of morpholine rings is 1. The van der Waals surface area contributed by atoms with Gasteiger partial charge in [0.25, 0.3) is 0 Å². The number of aromatic nitrogens is 2. The van der Waals surface area contributed by atoms with Crippen molar-refractivity contribution < 1.29 is 14.6 Å². The summed E-state index contributed by atoms with van der Waals surface area (Å²) in [5.41, 5.74) is 2.88. The SMILES string of the molecule is C/C=C(\CCC(=N)N1CCOCC1)c1cc(Oc2ccc3nc(N[C@@H]4CCCC[C@H]4O)sc3c2)ccn1. The fourth-order valence-electron chi connectivity index (χ4n) is 4.92. The molecule has 0 bridgehead atoms. The van der Waals surface area contributed by atoms with Crippen LogP contribution < -0.4 is 10.1 Å². The Hall–Kier alpha value is -3.01. The minimum Gasteiger partial charge on any atom is -0.457 e. The zero-order chi connectivity index (χ0) is 25.6. The normalized spacial score (nSPS) is 20.7. The topological polar surface area (TPSA) is 104 Å². The minimum atomic E-state index is -0.312. The maximum Gasteiger partial charge on any atom is 0.184 e. The Morgan fingerprint density at radius 1 is 1.19 bits per heavy atom. The lowest BCUT2D eigenvalue weighted by Gasteiger charge is -2.29. The lowest BCUT2D eigenvalue weighted by molar-refractivity contribution is 0.0669. The molecule has 0 spiro atoms. The average Bonchev–Trinajstić information content (AvgIpc) is 3.32. The number of nitrogens with zero attached hydrogens (tertiary/aromatic N) is 3. The Bertz CT molecular complexity index is 1250. The number of hydrogen-bond acceptors (Lipinski definition) is 8. The smallest absolute Gasteiger partial charge is 0.184 e. The number of fused-ring (bicyclic) bond motifs is 1. The maximum absolute atomic E-state index is 10.3. The molecule has 3 heterocycles. The first kappa shape index (κ1) is 25.6. The maximum atomic E-state index is 10.3.